The molecule has 0 saturated heterocycles. The molecule has 0 N–H and O–H groups in total. The smallest absolute Gasteiger partial charge is 0.312 e. The highest BCUT2D eigenvalue weighted by Crippen LogP contribution is 2.45. The molecule has 0 bridgehead atoms. The Labute approximate surface area is 176 Å². The van der Waals surface area contributed by atoms with Gasteiger partial charge in [-0.3, -0.25) is 9.59 Å². The Balaban J connectivity index is 1.78. The molecule has 2 aromatic heterocycles. The number of fused-ring (bicyclic) bond motifs is 3. The van der Waals surface area contributed by atoms with Gasteiger partial charge in [-0.15, -0.1) is 0 Å². The summed E-state index contributed by atoms with van der Waals surface area (Å²) in [7, 11) is 3.03. The third kappa shape index (κ3) is 3.06. The molecule has 1 aliphatic heterocycles. The number of hydrogen-bond acceptors (Lipinski definition) is 7. The van der Waals surface area contributed by atoms with Crippen LogP contribution in [0, 0.1) is 0 Å². The Kier molecular flexibility index (Phi) is 4.51. The van der Waals surface area contributed by atoms with Crippen molar-refractivity contribution >= 4 is 16.9 Å². The van der Waals surface area contributed by atoms with Crippen molar-refractivity contribution in [1.82, 2.24) is 0 Å². The van der Waals surface area contributed by atoms with Gasteiger partial charge in [0, 0.05) is 11.6 Å². The van der Waals surface area contributed by atoms with Gasteiger partial charge in [0.25, 0.3) is 0 Å². The molecule has 2 aromatic carbocycles. The zero-order valence-electron chi connectivity index (χ0n) is 16.8. The lowest BCUT2D eigenvalue weighted by Crippen LogP contribution is -2.22. The number of methoxy groups -OCH3 is 2. The minimum absolute atomic E-state index is 0.0753. The fourth-order valence-corrected chi connectivity index (χ4v) is 3.98. The van der Waals surface area contributed by atoms with E-state index in [-0.39, 0.29) is 23.0 Å². The predicted molar refractivity (Wildman–Crippen MR) is 112 cm³/mol. The van der Waals surface area contributed by atoms with E-state index in [4.69, 9.17) is 23.0 Å². The molecule has 0 spiro atoms. The maximum absolute atomic E-state index is 13.5. The van der Waals surface area contributed by atoms with Crippen LogP contribution in [0.15, 0.2) is 68.6 Å². The summed E-state index contributed by atoms with van der Waals surface area (Å²) in [5.41, 5.74) is 1.72. The first kappa shape index (κ1) is 19.0. The van der Waals surface area contributed by atoms with Crippen molar-refractivity contribution in [2.24, 2.45) is 0 Å². The molecule has 7 heteroatoms. The lowest BCUT2D eigenvalue weighted by molar-refractivity contribution is -0.135. The van der Waals surface area contributed by atoms with Gasteiger partial charge in [0.05, 0.1) is 38.4 Å². The van der Waals surface area contributed by atoms with Crippen molar-refractivity contribution < 1.29 is 27.8 Å². The first-order valence-corrected chi connectivity index (χ1v) is 9.65. The van der Waals surface area contributed by atoms with Gasteiger partial charge in [-0.1, -0.05) is 12.1 Å². The number of hydrogen-bond donors (Lipinski definition) is 0. The van der Waals surface area contributed by atoms with E-state index >= 15 is 0 Å². The molecule has 0 amide bonds. The molecule has 5 rings (SSSR count). The second-order valence-corrected chi connectivity index (χ2v) is 7.15. The van der Waals surface area contributed by atoms with Gasteiger partial charge in [-0.05, 0) is 29.8 Å². The summed E-state index contributed by atoms with van der Waals surface area (Å²) in [6.45, 7) is 0. The van der Waals surface area contributed by atoms with Crippen molar-refractivity contribution in [3.05, 3.63) is 76.5 Å². The lowest BCUT2D eigenvalue weighted by Gasteiger charge is -2.24. The zero-order chi connectivity index (χ0) is 21.5. The topological polar surface area (TPSA) is 88.1 Å². The molecule has 3 heterocycles. The molecule has 0 aliphatic carbocycles. The molecule has 156 valence electrons. The Bertz CT molecular complexity index is 1330. The summed E-state index contributed by atoms with van der Waals surface area (Å²) in [4.78, 5) is 25.7. The van der Waals surface area contributed by atoms with E-state index in [9.17, 15) is 9.59 Å². The molecule has 1 unspecified atom stereocenters. The maximum atomic E-state index is 13.5. The molecule has 1 atom stereocenters. The molecule has 0 saturated carbocycles. The molecule has 31 heavy (non-hydrogen) atoms. The molecule has 0 radical (unpaired) electrons. The van der Waals surface area contributed by atoms with Gasteiger partial charge in [0.15, 0.2) is 0 Å². The van der Waals surface area contributed by atoms with Crippen LogP contribution in [0.25, 0.3) is 22.1 Å². The summed E-state index contributed by atoms with van der Waals surface area (Å²) in [5.74, 6) is 1.00. The van der Waals surface area contributed by atoms with Crippen LogP contribution < -0.4 is 19.6 Å². The summed E-state index contributed by atoms with van der Waals surface area (Å²) >= 11 is 0. The van der Waals surface area contributed by atoms with E-state index in [1.54, 1.807) is 55.8 Å². The van der Waals surface area contributed by atoms with Gasteiger partial charge in [0.1, 0.15) is 40.2 Å². The Hall–Kier alpha value is -4.00. The maximum Gasteiger partial charge on any atom is 0.312 e. The van der Waals surface area contributed by atoms with Crippen LogP contribution in [0.2, 0.25) is 0 Å². The standard InChI is InChI=1S/C24H18O7/c1-27-14-7-5-13(6-8-14)16-12-30-24-21-15(17-4-3-9-29-17)10-20(25)31-19(21)11-18(28-2)22(24)23(16)26/h3-9,11-12,15H,10H2,1-2H3. The van der Waals surface area contributed by atoms with E-state index < -0.39 is 11.9 Å². The number of rotatable bonds is 4. The number of ether oxygens (including phenoxy) is 3. The quantitative estimate of drug-likeness (QED) is 0.356. The highest BCUT2D eigenvalue weighted by Gasteiger charge is 2.35. The van der Waals surface area contributed by atoms with Gasteiger partial charge in [-0.25, -0.2) is 0 Å². The molecule has 4 aromatic rings. The largest absolute Gasteiger partial charge is 0.497 e. The number of benzene rings is 2. The van der Waals surface area contributed by atoms with Crippen molar-refractivity contribution in [3.63, 3.8) is 0 Å². The second kappa shape index (κ2) is 7.36. The minimum Gasteiger partial charge on any atom is -0.497 e. The van der Waals surface area contributed by atoms with Crippen LogP contribution >= 0.6 is 0 Å². The van der Waals surface area contributed by atoms with Gasteiger partial charge >= 0.3 is 5.97 Å². The van der Waals surface area contributed by atoms with Gasteiger partial charge in [-0.2, -0.15) is 0 Å². The normalized spacial score (nSPS) is 15.4. The van der Waals surface area contributed by atoms with Gasteiger partial charge in [0.2, 0.25) is 5.43 Å². The number of carbonyl (C=O) groups is 1. The summed E-state index contributed by atoms with van der Waals surface area (Å²) in [5, 5.41) is 0.282. The monoisotopic (exact) mass is 418 g/mol. The van der Waals surface area contributed by atoms with Crippen LogP contribution in [-0.4, -0.2) is 20.2 Å². The van der Waals surface area contributed by atoms with Crippen LogP contribution in [0.4, 0.5) is 0 Å². The number of carbonyl (C=O) groups excluding carboxylic acids is 1. The first-order chi connectivity index (χ1) is 15.1. The highest BCUT2D eigenvalue weighted by atomic mass is 16.5. The second-order valence-electron chi connectivity index (χ2n) is 7.15. The van der Waals surface area contributed by atoms with Crippen molar-refractivity contribution in [1.29, 1.82) is 0 Å². The van der Waals surface area contributed by atoms with Gasteiger partial charge < -0.3 is 23.0 Å². The van der Waals surface area contributed by atoms with E-state index in [0.29, 0.717) is 39.5 Å². The highest BCUT2D eigenvalue weighted by molar-refractivity contribution is 5.94. The van der Waals surface area contributed by atoms with Crippen molar-refractivity contribution in [3.8, 4) is 28.4 Å². The molecule has 1 aliphatic rings. The Morgan fingerprint density at radius 1 is 1.00 bits per heavy atom. The predicted octanol–water partition coefficient (Wildman–Crippen LogP) is 4.51. The fourth-order valence-electron chi connectivity index (χ4n) is 3.98. The zero-order valence-corrected chi connectivity index (χ0v) is 16.8. The molecule has 0 fully saturated rings. The minimum atomic E-state index is -0.436. The number of furan rings is 1. The average molecular weight is 418 g/mol. The third-order valence-electron chi connectivity index (χ3n) is 5.46. The third-order valence-corrected chi connectivity index (χ3v) is 5.46. The summed E-state index contributed by atoms with van der Waals surface area (Å²) in [6.07, 6.45) is 3.03. The van der Waals surface area contributed by atoms with E-state index in [2.05, 4.69) is 0 Å². The van der Waals surface area contributed by atoms with Crippen molar-refractivity contribution in [2.75, 3.05) is 14.2 Å². The summed E-state index contributed by atoms with van der Waals surface area (Å²) < 4.78 is 27.7. The van der Waals surface area contributed by atoms with Crippen LogP contribution in [0.1, 0.15) is 23.7 Å². The average Bonchev–Trinajstić information content (AvgIpc) is 3.33. The van der Waals surface area contributed by atoms with E-state index in [1.807, 2.05) is 0 Å². The Morgan fingerprint density at radius 3 is 2.48 bits per heavy atom. The fraction of sp³-hybridized carbons (Fsp3) is 0.167. The first-order valence-electron chi connectivity index (χ1n) is 9.65. The number of esters is 1. The van der Waals surface area contributed by atoms with E-state index in [1.165, 1.54) is 13.4 Å². The SMILES string of the molecule is COc1ccc(-c2coc3c4c(cc(OC)c3c2=O)OC(=O)CC4c2ccco2)cc1. The van der Waals surface area contributed by atoms with E-state index in [0.717, 1.165) is 0 Å². The molecule has 7 nitrogen and oxygen atoms in total. The van der Waals surface area contributed by atoms with Crippen molar-refractivity contribution in [2.45, 2.75) is 12.3 Å². The van der Waals surface area contributed by atoms with Crippen LogP contribution in [0.5, 0.6) is 17.2 Å². The van der Waals surface area contributed by atoms with Crippen LogP contribution in [0.3, 0.4) is 0 Å². The lowest BCUT2D eigenvalue weighted by atomic mass is 9.88. The Morgan fingerprint density at radius 2 is 1.81 bits per heavy atom. The molecular formula is C24H18O7. The molecular weight excluding hydrogens is 400 g/mol. The summed E-state index contributed by atoms with van der Waals surface area (Å²) in [6, 6.07) is 12.2. The van der Waals surface area contributed by atoms with Crippen LogP contribution in [-0.2, 0) is 4.79 Å².